The molecule has 1 aliphatic carbocycles. The van der Waals surface area contributed by atoms with E-state index in [1.807, 2.05) is 0 Å². The minimum atomic E-state index is -0.264. The van der Waals surface area contributed by atoms with Gasteiger partial charge in [-0.15, -0.1) is 0 Å². The number of nitrogens with two attached hydrogens (primary N) is 1. The third kappa shape index (κ3) is 2.17. The van der Waals surface area contributed by atoms with E-state index in [1.54, 1.807) is 12.1 Å². The number of hydrogen-bond acceptors (Lipinski definition) is 1. The Morgan fingerprint density at radius 1 is 1.39 bits per heavy atom. The Balaban J connectivity index is 2.32. The molecule has 0 radical (unpaired) electrons. The third-order valence-corrected chi connectivity index (χ3v) is 4.70. The molecular formula is C15H21ClFN. The Morgan fingerprint density at radius 3 is 2.44 bits per heavy atom. The molecule has 3 heteroatoms. The third-order valence-electron chi connectivity index (χ3n) is 4.38. The number of rotatable bonds is 2. The van der Waals surface area contributed by atoms with Gasteiger partial charge in [-0.3, -0.25) is 0 Å². The fourth-order valence-corrected chi connectivity index (χ4v) is 3.34. The van der Waals surface area contributed by atoms with Crippen LogP contribution in [0.4, 0.5) is 4.39 Å². The van der Waals surface area contributed by atoms with E-state index in [0.717, 1.165) is 12.8 Å². The highest BCUT2D eigenvalue weighted by Gasteiger charge is 2.50. The van der Waals surface area contributed by atoms with E-state index in [0.29, 0.717) is 23.0 Å². The van der Waals surface area contributed by atoms with E-state index in [-0.39, 0.29) is 16.6 Å². The largest absolute Gasteiger partial charge is 0.330 e. The summed E-state index contributed by atoms with van der Waals surface area (Å²) in [6.07, 6.45) is 1.85. The van der Waals surface area contributed by atoms with E-state index in [2.05, 4.69) is 20.8 Å². The molecule has 100 valence electrons. The van der Waals surface area contributed by atoms with Gasteiger partial charge in [0.15, 0.2) is 0 Å². The molecule has 1 aliphatic rings. The van der Waals surface area contributed by atoms with E-state index < -0.39 is 0 Å². The lowest BCUT2D eigenvalue weighted by molar-refractivity contribution is 0.0482. The van der Waals surface area contributed by atoms with Crippen LogP contribution in [0.3, 0.4) is 0 Å². The summed E-state index contributed by atoms with van der Waals surface area (Å²) in [5.74, 6) is 0.358. The van der Waals surface area contributed by atoms with E-state index in [9.17, 15) is 4.39 Å². The SMILES string of the molecule is CC(C)(C)C1CC(CN)(c2c(F)cccc2Cl)C1. The van der Waals surface area contributed by atoms with Crippen LogP contribution in [0.1, 0.15) is 39.2 Å². The van der Waals surface area contributed by atoms with Crippen LogP contribution in [-0.4, -0.2) is 6.54 Å². The lowest BCUT2D eigenvalue weighted by Crippen LogP contribution is -2.51. The first-order valence-electron chi connectivity index (χ1n) is 6.45. The molecule has 18 heavy (non-hydrogen) atoms. The normalized spacial score (nSPS) is 28.0. The minimum Gasteiger partial charge on any atom is -0.330 e. The van der Waals surface area contributed by atoms with Gasteiger partial charge in [-0.2, -0.15) is 0 Å². The molecule has 0 aromatic heterocycles. The van der Waals surface area contributed by atoms with Crippen LogP contribution >= 0.6 is 11.6 Å². The van der Waals surface area contributed by atoms with Crippen molar-refractivity contribution in [2.75, 3.05) is 6.54 Å². The van der Waals surface area contributed by atoms with E-state index in [4.69, 9.17) is 17.3 Å². The van der Waals surface area contributed by atoms with Crippen molar-refractivity contribution in [3.05, 3.63) is 34.6 Å². The van der Waals surface area contributed by atoms with Crippen LogP contribution in [0.25, 0.3) is 0 Å². The summed E-state index contributed by atoms with van der Waals surface area (Å²) in [7, 11) is 0. The van der Waals surface area contributed by atoms with Gasteiger partial charge in [-0.1, -0.05) is 38.4 Å². The molecule has 2 rings (SSSR count). The highest BCUT2D eigenvalue weighted by Crippen LogP contribution is 2.55. The van der Waals surface area contributed by atoms with Crippen molar-refractivity contribution in [2.45, 2.75) is 39.0 Å². The lowest BCUT2D eigenvalue weighted by atomic mass is 9.52. The first-order valence-corrected chi connectivity index (χ1v) is 6.82. The number of halogens is 2. The average molecular weight is 270 g/mol. The summed E-state index contributed by atoms with van der Waals surface area (Å²) in [5, 5.41) is 0.507. The molecule has 2 N–H and O–H groups in total. The second kappa shape index (κ2) is 4.50. The second-order valence-electron chi connectivity index (χ2n) is 6.55. The van der Waals surface area contributed by atoms with Crippen LogP contribution in [-0.2, 0) is 5.41 Å². The molecular weight excluding hydrogens is 249 g/mol. The van der Waals surface area contributed by atoms with Crippen molar-refractivity contribution < 1.29 is 4.39 Å². The summed E-state index contributed by atoms with van der Waals surface area (Å²) in [4.78, 5) is 0. The molecule has 0 atom stereocenters. The molecule has 1 aromatic carbocycles. The van der Waals surface area contributed by atoms with Gasteiger partial charge in [0.1, 0.15) is 5.82 Å². The molecule has 1 aromatic rings. The zero-order valence-corrected chi connectivity index (χ0v) is 12.0. The van der Waals surface area contributed by atoms with Crippen LogP contribution in [0.5, 0.6) is 0 Å². The average Bonchev–Trinajstić information content (AvgIpc) is 2.19. The predicted molar refractivity (Wildman–Crippen MR) is 74.3 cm³/mol. The minimum absolute atomic E-state index is 0.222. The Bertz CT molecular complexity index is 424. The van der Waals surface area contributed by atoms with Crippen molar-refractivity contribution in [3.63, 3.8) is 0 Å². The highest BCUT2D eigenvalue weighted by molar-refractivity contribution is 6.31. The Kier molecular flexibility index (Phi) is 3.46. The van der Waals surface area contributed by atoms with Gasteiger partial charge in [0.2, 0.25) is 0 Å². The highest BCUT2D eigenvalue weighted by atomic mass is 35.5. The van der Waals surface area contributed by atoms with Gasteiger partial charge in [0.25, 0.3) is 0 Å². The molecule has 0 heterocycles. The maximum absolute atomic E-state index is 14.0. The zero-order valence-electron chi connectivity index (χ0n) is 11.3. The molecule has 0 bridgehead atoms. The molecule has 0 unspecified atom stereocenters. The van der Waals surface area contributed by atoms with E-state index in [1.165, 1.54) is 6.07 Å². The molecule has 0 aliphatic heterocycles. The van der Waals surface area contributed by atoms with Gasteiger partial charge >= 0.3 is 0 Å². The lowest BCUT2D eigenvalue weighted by Gasteiger charge is -2.53. The smallest absolute Gasteiger partial charge is 0.128 e. The summed E-state index contributed by atoms with van der Waals surface area (Å²) >= 11 is 6.17. The van der Waals surface area contributed by atoms with E-state index >= 15 is 0 Å². The van der Waals surface area contributed by atoms with Crippen molar-refractivity contribution in [2.24, 2.45) is 17.1 Å². The first-order chi connectivity index (χ1) is 8.30. The topological polar surface area (TPSA) is 26.0 Å². The molecule has 0 saturated heterocycles. The fourth-order valence-electron chi connectivity index (χ4n) is 2.97. The standard InChI is InChI=1S/C15H21ClFN/c1-14(2,3)10-7-15(8-10,9-18)13-11(16)5-4-6-12(13)17/h4-6,10H,7-9,18H2,1-3H3. The Morgan fingerprint density at radius 2 is 2.00 bits per heavy atom. The number of hydrogen-bond donors (Lipinski definition) is 1. The Labute approximate surface area is 114 Å². The predicted octanol–water partition coefficient (Wildman–Crippen LogP) is 4.13. The summed E-state index contributed by atoms with van der Waals surface area (Å²) in [5.41, 5.74) is 6.52. The van der Waals surface area contributed by atoms with Crippen LogP contribution < -0.4 is 5.73 Å². The van der Waals surface area contributed by atoms with Gasteiger partial charge in [-0.05, 0) is 36.3 Å². The fraction of sp³-hybridized carbons (Fsp3) is 0.600. The van der Waals surface area contributed by atoms with Gasteiger partial charge in [-0.25, -0.2) is 4.39 Å². The first kappa shape index (κ1) is 13.8. The zero-order chi connectivity index (χ0) is 13.6. The van der Waals surface area contributed by atoms with Crippen LogP contribution in [0.2, 0.25) is 5.02 Å². The van der Waals surface area contributed by atoms with Crippen molar-refractivity contribution in [1.29, 1.82) is 0 Å². The molecule has 1 saturated carbocycles. The number of benzene rings is 1. The van der Waals surface area contributed by atoms with Crippen molar-refractivity contribution >= 4 is 11.6 Å². The maximum atomic E-state index is 14.0. The molecule has 0 amide bonds. The van der Waals surface area contributed by atoms with Crippen molar-refractivity contribution in [1.82, 2.24) is 0 Å². The van der Waals surface area contributed by atoms with Gasteiger partial charge in [0.05, 0.1) is 0 Å². The summed E-state index contributed by atoms with van der Waals surface area (Å²) < 4.78 is 14.0. The summed E-state index contributed by atoms with van der Waals surface area (Å²) in [6.45, 7) is 7.13. The molecule has 1 nitrogen and oxygen atoms in total. The van der Waals surface area contributed by atoms with Crippen LogP contribution in [0.15, 0.2) is 18.2 Å². The Hall–Kier alpha value is -0.600. The maximum Gasteiger partial charge on any atom is 0.128 e. The van der Waals surface area contributed by atoms with Gasteiger partial charge < -0.3 is 5.73 Å². The quantitative estimate of drug-likeness (QED) is 0.858. The molecule has 0 spiro atoms. The monoisotopic (exact) mass is 269 g/mol. The van der Waals surface area contributed by atoms with Gasteiger partial charge in [0, 0.05) is 22.5 Å². The van der Waals surface area contributed by atoms with Crippen LogP contribution in [0, 0.1) is 17.2 Å². The summed E-state index contributed by atoms with van der Waals surface area (Å²) in [6, 6.07) is 4.87. The second-order valence-corrected chi connectivity index (χ2v) is 6.96. The molecule has 1 fully saturated rings. The van der Waals surface area contributed by atoms with Crippen molar-refractivity contribution in [3.8, 4) is 0 Å².